The van der Waals surface area contributed by atoms with Crippen LogP contribution in [0.3, 0.4) is 0 Å². The standard InChI is InChI=1S/C14H18BrFN2O/c1-9-5-11(16)10(15)6-12(9)18-13(19)7-14(8-17)3-2-4-14/h5-6H,2-4,7-8,17H2,1H3,(H,18,19). The Labute approximate surface area is 120 Å². The maximum absolute atomic E-state index is 13.3. The minimum Gasteiger partial charge on any atom is -0.330 e. The molecule has 1 saturated carbocycles. The number of nitrogens with two attached hydrogens (primary N) is 1. The zero-order valence-corrected chi connectivity index (χ0v) is 12.5. The van der Waals surface area contributed by atoms with Gasteiger partial charge >= 0.3 is 0 Å². The van der Waals surface area contributed by atoms with Crippen LogP contribution in [-0.4, -0.2) is 12.5 Å². The lowest BCUT2D eigenvalue weighted by molar-refractivity contribution is -0.119. The van der Waals surface area contributed by atoms with Crippen molar-refractivity contribution in [3.8, 4) is 0 Å². The maximum atomic E-state index is 13.3. The molecule has 3 nitrogen and oxygen atoms in total. The molecule has 0 atom stereocenters. The van der Waals surface area contributed by atoms with Crippen molar-refractivity contribution in [1.82, 2.24) is 0 Å². The highest BCUT2D eigenvalue weighted by Gasteiger charge is 2.37. The van der Waals surface area contributed by atoms with Crippen LogP contribution in [0, 0.1) is 18.2 Å². The Bertz CT molecular complexity index is 495. The first-order chi connectivity index (χ1) is 8.96. The number of hydrogen-bond acceptors (Lipinski definition) is 2. The van der Waals surface area contributed by atoms with Gasteiger partial charge in [0, 0.05) is 12.1 Å². The maximum Gasteiger partial charge on any atom is 0.224 e. The zero-order valence-electron chi connectivity index (χ0n) is 10.9. The Morgan fingerprint density at radius 3 is 2.74 bits per heavy atom. The van der Waals surface area contributed by atoms with Gasteiger partial charge in [-0.2, -0.15) is 0 Å². The Morgan fingerprint density at radius 2 is 2.21 bits per heavy atom. The van der Waals surface area contributed by atoms with Crippen molar-refractivity contribution < 1.29 is 9.18 Å². The third-order valence-corrected chi connectivity index (χ3v) is 4.53. The van der Waals surface area contributed by atoms with E-state index in [-0.39, 0.29) is 17.1 Å². The van der Waals surface area contributed by atoms with E-state index in [0.717, 1.165) is 19.3 Å². The largest absolute Gasteiger partial charge is 0.330 e. The molecule has 5 heteroatoms. The van der Waals surface area contributed by atoms with Crippen molar-refractivity contribution >= 4 is 27.5 Å². The van der Waals surface area contributed by atoms with Crippen molar-refractivity contribution in [2.24, 2.45) is 11.1 Å². The van der Waals surface area contributed by atoms with Crippen molar-refractivity contribution in [3.05, 3.63) is 28.0 Å². The fourth-order valence-electron chi connectivity index (χ4n) is 2.45. The highest BCUT2D eigenvalue weighted by Crippen LogP contribution is 2.43. The van der Waals surface area contributed by atoms with Crippen LogP contribution in [0.1, 0.15) is 31.2 Å². The van der Waals surface area contributed by atoms with Crippen molar-refractivity contribution in [3.63, 3.8) is 0 Å². The predicted octanol–water partition coefficient (Wildman–Crippen LogP) is 3.35. The minimum absolute atomic E-state index is 0.0186. The summed E-state index contributed by atoms with van der Waals surface area (Å²) in [6.45, 7) is 2.32. The van der Waals surface area contributed by atoms with E-state index >= 15 is 0 Å². The van der Waals surface area contributed by atoms with E-state index < -0.39 is 0 Å². The summed E-state index contributed by atoms with van der Waals surface area (Å²) < 4.78 is 13.7. The summed E-state index contributed by atoms with van der Waals surface area (Å²) in [5.41, 5.74) is 7.08. The van der Waals surface area contributed by atoms with Gasteiger partial charge in [0.15, 0.2) is 0 Å². The monoisotopic (exact) mass is 328 g/mol. The van der Waals surface area contributed by atoms with Crippen LogP contribution in [0.25, 0.3) is 0 Å². The van der Waals surface area contributed by atoms with E-state index in [4.69, 9.17) is 5.73 Å². The first-order valence-electron chi connectivity index (χ1n) is 6.41. The molecule has 1 amide bonds. The van der Waals surface area contributed by atoms with Gasteiger partial charge in [-0.1, -0.05) is 6.42 Å². The van der Waals surface area contributed by atoms with Crippen LogP contribution in [0.5, 0.6) is 0 Å². The van der Waals surface area contributed by atoms with Crippen LogP contribution in [-0.2, 0) is 4.79 Å². The molecular formula is C14H18BrFN2O. The molecule has 19 heavy (non-hydrogen) atoms. The van der Waals surface area contributed by atoms with Gasteiger partial charge in [-0.3, -0.25) is 4.79 Å². The Morgan fingerprint density at radius 1 is 1.53 bits per heavy atom. The molecule has 1 aromatic carbocycles. The first kappa shape index (κ1) is 14.5. The number of carbonyl (C=O) groups excluding carboxylic acids is 1. The van der Waals surface area contributed by atoms with Crippen LogP contribution >= 0.6 is 15.9 Å². The van der Waals surface area contributed by atoms with Gasteiger partial charge in [0.05, 0.1) is 4.47 Å². The lowest BCUT2D eigenvalue weighted by Gasteiger charge is -2.40. The second kappa shape index (κ2) is 5.59. The number of rotatable bonds is 4. The SMILES string of the molecule is Cc1cc(F)c(Br)cc1NC(=O)CC1(CN)CCC1. The fourth-order valence-corrected chi connectivity index (χ4v) is 2.79. The average Bonchev–Trinajstić information content (AvgIpc) is 2.31. The summed E-state index contributed by atoms with van der Waals surface area (Å²) in [7, 11) is 0. The molecule has 0 bridgehead atoms. The number of carbonyl (C=O) groups is 1. The molecule has 0 heterocycles. The van der Waals surface area contributed by atoms with Gasteiger partial charge < -0.3 is 11.1 Å². The topological polar surface area (TPSA) is 55.1 Å². The van der Waals surface area contributed by atoms with Crippen LogP contribution in [0.4, 0.5) is 10.1 Å². The quantitative estimate of drug-likeness (QED) is 0.890. The molecule has 1 aromatic rings. The van der Waals surface area contributed by atoms with Gasteiger partial charge in [-0.15, -0.1) is 0 Å². The van der Waals surface area contributed by atoms with Crippen molar-refractivity contribution in [2.75, 3.05) is 11.9 Å². The smallest absolute Gasteiger partial charge is 0.224 e. The second-order valence-corrected chi connectivity index (χ2v) is 6.22. The summed E-state index contributed by atoms with van der Waals surface area (Å²) in [5.74, 6) is -0.375. The molecule has 0 unspecified atom stereocenters. The molecule has 104 valence electrons. The summed E-state index contributed by atoms with van der Waals surface area (Å²) in [5, 5.41) is 2.85. The van der Waals surface area contributed by atoms with E-state index in [2.05, 4.69) is 21.2 Å². The molecule has 0 saturated heterocycles. The van der Waals surface area contributed by atoms with E-state index in [1.165, 1.54) is 6.07 Å². The Hall–Kier alpha value is -0.940. The van der Waals surface area contributed by atoms with E-state index in [9.17, 15) is 9.18 Å². The zero-order chi connectivity index (χ0) is 14.0. The van der Waals surface area contributed by atoms with Crippen molar-refractivity contribution in [2.45, 2.75) is 32.6 Å². The third-order valence-electron chi connectivity index (χ3n) is 3.92. The summed E-state index contributed by atoms with van der Waals surface area (Å²) in [6, 6.07) is 3.00. The second-order valence-electron chi connectivity index (χ2n) is 5.36. The van der Waals surface area contributed by atoms with Gasteiger partial charge in [0.25, 0.3) is 0 Å². The molecule has 1 fully saturated rings. The Balaban J connectivity index is 2.05. The number of aryl methyl sites for hydroxylation is 1. The van der Waals surface area contributed by atoms with Crippen LogP contribution in [0.15, 0.2) is 16.6 Å². The van der Waals surface area contributed by atoms with Crippen molar-refractivity contribution in [1.29, 1.82) is 0 Å². The number of hydrogen-bond donors (Lipinski definition) is 2. The lowest BCUT2D eigenvalue weighted by atomic mass is 9.66. The van der Waals surface area contributed by atoms with Gasteiger partial charge in [0.1, 0.15) is 5.82 Å². The highest BCUT2D eigenvalue weighted by atomic mass is 79.9. The molecule has 1 aliphatic carbocycles. The third kappa shape index (κ3) is 3.15. The van der Waals surface area contributed by atoms with Crippen LogP contribution < -0.4 is 11.1 Å². The van der Waals surface area contributed by atoms with E-state index in [1.54, 1.807) is 13.0 Å². The number of anilines is 1. The normalized spacial score (nSPS) is 16.8. The summed E-state index contributed by atoms with van der Waals surface area (Å²) in [6.07, 6.45) is 3.62. The molecule has 0 aromatic heterocycles. The molecule has 3 N–H and O–H groups in total. The van der Waals surface area contributed by atoms with Gasteiger partial charge in [-0.05, 0) is 65.4 Å². The predicted molar refractivity (Wildman–Crippen MR) is 77.4 cm³/mol. The molecule has 2 rings (SSSR count). The summed E-state index contributed by atoms with van der Waals surface area (Å²) >= 11 is 3.12. The number of amides is 1. The molecule has 0 spiro atoms. The fraction of sp³-hybridized carbons (Fsp3) is 0.500. The minimum atomic E-state index is -0.326. The van der Waals surface area contributed by atoms with Crippen LogP contribution in [0.2, 0.25) is 0 Å². The van der Waals surface area contributed by atoms with Gasteiger partial charge in [-0.25, -0.2) is 4.39 Å². The Kier molecular flexibility index (Phi) is 4.26. The first-order valence-corrected chi connectivity index (χ1v) is 7.21. The lowest BCUT2D eigenvalue weighted by Crippen LogP contribution is -2.40. The average molecular weight is 329 g/mol. The van der Waals surface area contributed by atoms with E-state index in [1.807, 2.05) is 0 Å². The molecule has 0 radical (unpaired) electrons. The number of nitrogens with one attached hydrogen (secondary N) is 1. The number of halogens is 2. The number of benzene rings is 1. The molecule has 1 aliphatic rings. The highest BCUT2D eigenvalue weighted by molar-refractivity contribution is 9.10. The van der Waals surface area contributed by atoms with E-state index in [0.29, 0.717) is 28.7 Å². The van der Waals surface area contributed by atoms with Gasteiger partial charge in [0.2, 0.25) is 5.91 Å². The molecular weight excluding hydrogens is 311 g/mol. The summed E-state index contributed by atoms with van der Waals surface area (Å²) in [4.78, 5) is 12.1. The molecule has 0 aliphatic heterocycles.